The molecule has 3 aromatic rings. The largest absolute Gasteiger partial charge is 0.343 e. The average molecular weight is 634 g/mol. The van der Waals surface area contributed by atoms with Crippen LogP contribution in [0.5, 0.6) is 0 Å². The molecule has 0 radical (unpaired) electrons. The van der Waals surface area contributed by atoms with Crippen LogP contribution in [-0.2, 0) is 33.8 Å². The van der Waals surface area contributed by atoms with Crippen LogP contribution in [0, 0.1) is 5.82 Å². The van der Waals surface area contributed by atoms with E-state index in [2.05, 4.69) is 21.6 Å². The number of nitrogens with zero attached hydrogens (tertiary/aromatic N) is 3. The van der Waals surface area contributed by atoms with Gasteiger partial charge in [0.15, 0.2) is 0 Å². The molecule has 5 rings (SSSR count). The molecule has 0 aliphatic carbocycles. The Hall–Kier alpha value is -3.79. The van der Waals surface area contributed by atoms with E-state index in [9.17, 15) is 14.4 Å². The number of hydrogen-bond acceptors (Lipinski definition) is 5. The third-order valence-corrected chi connectivity index (χ3v) is 9.17. The zero-order chi connectivity index (χ0) is 31.9. The van der Waals surface area contributed by atoms with Gasteiger partial charge < -0.3 is 20.4 Å². The highest BCUT2D eigenvalue weighted by atomic mass is 35.5. The monoisotopic (exact) mass is 633 g/mol. The van der Waals surface area contributed by atoms with Crippen molar-refractivity contribution < 1.29 is 18.8 Å². The SMILES string of the molecule is CCN(CC(c1ccccc1F)N1CCN(C(=O)C(Cc2ccc(Cl)cc2)NC(=O)C2Cc3ccccc3CN2)CC1)C(C)=O. The Bertz CT molecular complexity index is 1490. The van der Waals surface area contributed by atoms with Crippen LogP contribution in [0.2, 0.25) is 5.02 Å². The minimum absolute atomic E-state index is 0.0654. The van der Waals surface area contributed by atoms with Crippen LogP contribution < -0.4 is 10.6 Å². The molecule has 8 nitrogen and oxygen atoms in total. The quantitative estimate of drug-likeness (QED) is 0.353. The molecule has 2 heterocycles. The molecule has 3 amide bonds. The second-order valence-corrected chi connectivity index (χ2v) is 12.2. The Morgan fingerprint density at radius 1 is 0.978 bits per heavy atom. The normalized spacial score (nSPS) is 18.0. The van der Waals surface area contributed by atoms with Gasteiger partial charge in [-0.25, -0.2) is 4.39 Å². The summed E-state index contributed by atoms with van der Waals surface area (Å²) in [5.41, 5.74) is 3.73. The summed E-state index contributed by atoms with van der Waals surface area (Å²) in [5.74, 6) is -0.746. The van der Waals surface area contributed by atoms with E-state index in [0.29, 0.717) is 69.2 Å². The second-order valence-electron chi connectivity index (χ2n) is 11.8. The molecule has 1 saturated heterocycles. The van der Waals surface area contributed by atoms with E-state index in [4.69, 9.17) is 11.6 Å². The van der Waals surface area contributed by atoms with Crippen LogP contribution in [-0.4, -0.2) is 83.8 Å². The summed E-state index contributed by atoms with van der Waals surface area (Å²) in [6, 6.07) is 20.5. The molecular weight excluding hydrogens is 593 g/mol. The molecule has 45 heavy (non-hydrogen) atoms. The number of nitrogens with one attached hydrogen (secondary N) is 2. The van der Waals surface area contributed by atoms with E-state index < -0.39 is 12.1 Å². The van der Waals surface area contributed by atoms with Crippen molar-refractivity contribution >= 4 is 29.3 Å². The van der Waals surface area contributed by atoms with Crippen molar-refractivity contribution in [1.82, 2.24) is 25.3 Å². The number of rotatable bonds is 10. The predicted octanol–water partition coefficient (Wildman–Crippen LogP) is 3.97. The minimum atomic E-state index is -0.764. The van der Waals surface area contributed by atoms with Crippen molar-refractivity contribution in [3.63, 3.8) is 0 Å². The number of benzene rings is 3. The lowest BCUT2D eigenvalue weighted by Gasteiger charge is -2.42. The molecule has 1 fully saturated rings. The number of halogens is 2. The van der Waals surface area contributed by atoms with E-state index in [-0.39, 0.29) is 29.6 Å². The summed E-state index contributed by atoms with van der Waals surface area (Å²) >= 11 is 6.11. The highest BCUT2D eigenvalue weighted by Crippen LogP contribution is 2.26. The number of carbonyl (C=O) groups is 3. The number of amides is 3. The van der Waals surface area contributed by atoms with Crippen LogP contribution in [0.25, 0.3) is 0 Å². The van der Waals surface area contributed by atoms with Gasteiger partial charge >= 0.3 is 0 Å². The molecule has 3 atom stereocenters. The lowest BCUT2D eigenvalue weighted by atomic mass is 9.95. The topological polar surface area (TPSA) is 85.0 Å². The molecular formula is C35H41ClFN5O3. The zero-order valence-electron chi connectivity index (χ0n) is 25.8. The number of fused-ring (bicyclic) bond motifs is 1. The van der Waals surface area contributed by atoms with Crippen molar-refractivity contribution in [3.05, 3.63) is 106 Å². The summed E-state index contributed by atoms with van der Waals surface area (Å²) in [7, 11) is 0. The van der Waals surface area contributed by atoms with Crippen LogP contribution in [0.3, 0.4) is 0 Å². The summed E-state index contributed by atoms with van der Waals surface area (Å²) < 4.78 is 15.0. The van der Waals surface area contributed by atoms with Crippen molar-refractivity contribution in [3.8, 4) is 0 Å². The van der Waals surface area contributed by atoms with Crippen LogP contribution in [0.1, 0.15) is 42.1 Å². The first kappa shape index (κ1) is 32.6. The minimum Gasteiger partial charge on any atom is -0.343 e. The standard InChI is InChI=1S/C35H41ClFN5O3/c1-3-40(24(2)43)23-33(29-10-6-7-11-30(29)37)41-16-18-42(19-17-41)35(45)32(20-25-12-14-28(36)15-13-25)39-34(44)31-21-26-8-4-5-9-27(26)22-38-31/h4-15,31-33,38H,3,16-23H2,1-2H3,(H,39,44). The van der Waals surface area contributed by atoms with Gasteiger partial charge in [0, 0.05) is 69.7 Å². The van der Waals surface area contributed by atoms with Gasteiger partial charge in [0.1, 0.15) is 11.9 Å². The summed E-state index contributed by atoms with van der Waals surface area (Å²) in [6.07, 6.45) is 0.877. The maximum Gasteiger partial charge on any atom is 0.245 e. The van der Waals surface area contributed by atoms with Gasteiger partial charge in [0.05, 0.1) is 12.1 Å². The number of hydrogen-bond donors (Lipinski definition) is 2. The van der Waals surface area contributed by atoms with E-state index in [0.717, 1.165) is 11.1 Å². The molecule has 2 aliphatic heterocycles. The fraction of sp³-hybridized carbons (Fsp3) is 0.400. The first-order chi connectivity index (χ1) is 21.7. The van der Waals surface area contributed by atoms with Crippen molar-refractivity contribution in [2.45, 2.75) is 51.4 Å². The molecule has 0 saturated carbocycles. The van der Waals surface area contributed by atoms with Gasteiger partial charge in [0.25, 0.3) is 0 Å². The summed E-state index contributed by atoms with van der Waals surface area (Å²) in [4.78, 5) is 45.5. The summed E-state index contributed by atoms with van der Waals surface area (Å²) in [6.45, 7) is 6.73. The number of carbonyl (C=O) groups excluding carboxylic acids is 3. The Kier molecular flexibility index (Phi) is 10.9. The Labute approximate surface area is 269 Å². The van der Waals surface area contributed by atoms with E-state index in [1.54, 1.807) is 40.1 Å². The smallest absolute Gasteiger partial charge is 0.245 e. The highest BCUT2D eigenvalue weighted by Gasteiger charge is 2.34. The summed E-state index contributed by atoms with van der Waals surface area (Å²) in [5, 5.41) is 6.98. The van der Waals surface area contributed by atoms with Gasteiger partial charge in [-0.2, -0.15) is 0 Å². The molecule has 0 spiro atoms. The maximum atomic E-state index is 15.0. The maximum absolute atomic E-state index is 15.0. The van der Waals surface area contributed by atoms with E-state index >= 15 is 4.39 Å². The predicted molar refractivity (Wildman–Crippen MR) is 173 cm³/mol. The number of piperazine rings is 1. The van der Waals surface area contributed by atoms with Crippen LogP contribution >= 0.6 is 11.6 Å². The first-order valence-corrected chi connectivity index (χ1v) is 16.0. The molecule has 3 aromatic carbocycles. The van der Waals surface area contributed by atoms with Crippen LogP contribution in [0.15, 0.2) is 72.8 Å². The lowest BCUT2D eigenvalue weighted by Crippen LogP contribution is -2.58. The molecule has 0 bridgehead atoms. The Morgan fingerprint density at radius 2 is 1.64 bits per heavy atom. The van der Waals surface area contributed by atoms with Crippen molar-refractivity contribution in [2.24, 2.45) is 0 Å². The average Bonchev–Trinajstić information content (AvgIpc) is 3.06. The van der Waals surface area contributed by atoms with Crippen molar-refractivity contribution in [1.29, 1.82) is 0 Å². The Morgan fingerprint density at radius 3 is 2.31 bits per heavy atom. The first-order valence-electron chi connectivity index (χ1n) is 15.6. The fourth-order valence-electron chi connectivity index (χ4n) is 6.29. The van der Waals surface area contributed by atoms with Gasteiger partial charge in [-0.05, 0) is 48.2 Å². The third-order valence-electron chi connectivity index (χ3n) is 8.92. The van der Waals surface area contributed by atoms with Gasteiger partial charge in [-0.15, -0.1) is 0 Å². The third kappa shape index (κ3) is 8.09. The molecule has 10 heteroatoms. The molecule has 2 aliphatic rings. The molecule has 238 valence electrons. The Balaban J connectivity index is 1.30. The van der Waals surface area contributed by atoms with Gasteiger partial charge in [0.2, 0.25) is 17.7 Å². The molecule has 0 aromatic heterocycles. The van der Waals surface area contributed by atoms with Gasteiger partial charge in [-0.1, -0.05) is 66.2 Å². The lowest BCUT2D eigenvalue weighted by molar-refractivity contribution is -0.138. The van der Waals surface area contributed by atoms with E-state index in [1.165, 1.54) is 18.6 Å². The van der Waals surface area contributed by atoms with Crippen molar-refractivity contribution in [2.75, 3.05) is 39.3 Å². The van der Waals surface area contributed by atoms with E-state index in [1.807, 2.05) is 37.3 Å². The molecule has 3 unspecified atom stereocenters. The zero-order valence-corrected chi connectivity index (χ0v) is 26.6. The van der Waals surface area contributed by atoms with Gasteiger partial charge in [-0.3, -0.25) is 19.3 Å². The number of likely N-dealkylation sites (N-methyl/N-ethyl adjacent to an activating group) is 1. The molecule has 2 N–H and O–H groups in total. The van der Waals surface area contributed by atoms with Crippen LogP contribution in [0.4, 0.5) is 4.39 Å². The highest BCUT2D eigenvalue weighted by molar-refractivity contribution is 6.30. The second kappa shape index (κ2) is 15.0. The fourth-order valence-corrected chi connectivity index (χ4v) is 6.41.